The molecular weight excluding hydrogens is 354 g/mol. The molecule has 2 heterocycles. The number of pyridine rings is 1. The molecule has 0 radical (unpaired) electrons. The minimum atomic E-state index is -0.169. The second kappa shape index (κ2) is 9.32. The number of aromatic nitrogens is 1. The minimum Gasteiger partial charge on any atom is -0.355 e. The van der Waals surface area contributed by atoms with Crippen LogP contribution >= 0.6 is 0 Å². The fourth-order valence-corrected chi connectivity index (χ4v) is 3.32. The molecule has 1 saturated heterocycles. The lowest BCUT2D eigenvalue weighted by Crippen LogP contribution is -2.38. The number of anilines is 1. The van der Waals surface area contributed by atoms with Gasteiger partial charge in [-0.15, -0.1) is 0 Å². The highest BCUT2D eigenvalue weighted by Gasteiger charge is 2.20. The molecule has 3 rings (SSSR count). The Bertz CT molecular complexity index is 825. The number of carbonyl (C=O) groups excluding carboxylic acids is 2. The van der Waals surface area contributed by atoms with Crippen LogP contribution in [0.3, 0.4) is 0 Å². The predicted molar refractivity (Wildman–Crippen MR) is 109 cm³/mol. The first kappa shape index (κ1) is 19.8. The zero-order chi connectivity index (χ0) is 19.9. The largest absolute Gasteiger partial charge is 0.355 e. The van der Waals surface area contributed by atoms with E-state index in [1.54, 1.807) is 19.2 Å². The SMILES string of the molecule is CNC(=O)c1ccc(C)c(NC(=O)N2CCCN(Cc3ccncc3)CC2)c1. The van der Waals surface area contributed by atoms with Gasteiger partial charge in [0.05, 0.1) is 0 Å². The molecule has 3 amide bonds. The third-order valence-electron chi connectivity index (χ3n) is 5.00. The van der Waals surface area contributed by atoms with Crippen molar-refractivity contribution in [1.82, 2.24) is 20.1 Å². The van der Waals surface area contributed by atoms with Crippen LogP contribution in [0.2, 0.25) is 0 Å². The van der Waals surface area contributed by atoms with Gasteiger partial charge in [-0.2, -0.15) is 0 Å². The number of urea groups is 1. The summed E-state index contributed by atoms with van der Waals surface area (Å²) in [7, 11) is 1.59. The second-order valence-electron chi connectivity index (χ2n) is 7.01. The van der Waals surface area contributed by atoms with Gasteiger partial charge in [0.25, 0.3) is 5.91 Å². The summed E-state index contributed by atoms with van der Waals surface area (Å²) in [4.78, 5) is 32.9. The van der Waals surface area contributed by atoms with Crippen LogP contribution in [-0.4, -0.2) is 59.9 Å². The maximum atomic E-state index is 12.8. The van der Waals surface area contributed by atoms with Gasteiger partial charge < -0.3 is 15.5 Å². The Morgan fingerprint density at radius 2 is 1.86 bits per heavy atom. The number of rotatable bonds is 4. The topological polar surface area (TPSA) is 77.6 Å². The quantitative estimate of drug-likeness (QED) is 0.853. The third kappa shape index (κ3) is 5.07. The molecule has 0 unspecified atom stereocenters. The highest BCUT2D eigenvalue weighted by Crippen LogP contribution is 2.18. The summed E-state index contributed by atoms with van der Waals surface area (Å²) < 4.78 is 0. The van der Waals surface area contributed by atoms with Gasteiger partial charge in [-0.1, -0.05) is 6.07 Å². The van der Waals surface area contributed by atoms with Gasteiger partial charge in [0, 0.05) is 63.4 Å². The molecule has 7 nitrogen and oxygen atoms in total. The molecule has 28 heavy (non-hydrogen) atoms. The van der Waals surface area contributed by atoms with Crippen LogP contribution in [-0.2, 0) is 6.54 Å². The zero-order valence-electron chi connectivity index (χ0n) is 16.4. The van der Waals surface area contributed by atoms with Crippen LogP contribution in [0.15, 0.2) is 42.7 Å². The molecule has 7 heteroatoms. The molecule has 0 bridgehead atoms. The van der Waals surface area contributed by atoms with Gasteiger partial charge in [-0.25, -0.2) is 4.79 Å². The van der Waals surface area contributed by atoms with E-state index in [1.807, 2.05) is 42.4 Å². The van der Waals surface area contributed by atoms with Crippen LogP contribution in [0.5, 0.6) is 0 Å². The van der Waals surface area contributed by atoms with E-state index in [0.717, 1.165) is 31.6 Å². The van der Waals surface area contributed by atoms with Crippen molar-refractivity contribution in [2.45, 2.75) is 19.9 Å². The Kier molecular flexibility index (Phi) is 6.60. The number of benzene rings is 1. The second-order valence-corrected chi connectivity index (χ2v) is 7.01. The van der Waals surface area contributed by atoms with Crippen molar-refractivity contribution in [2.24, 2.45) is 0 Å². The molecule has 1 fully saturated rings. The molecule has 1 aromatic carbocycles. The number of nitrogens with one attached hydrogen (secondary N) is 2. The van der Waals surface area contributed by atoms with Crippen molar-refractivity contribution in [2.75, 3.05) is 38.5 Å². The number of carbonyl (C=O) groups is 2. The predicted octanol–water partition coefficient (Wildman–Crippen LogP) is 2.49. The van der Waals surface area contributed by atoms with Gasteiger partial charge in [0.15, 0.2) is 0 Å². The molecule has 0 saturated carbocycles. The minimum absolute atomic E-state index is 0.122. The van der Waals surface area contributed by atoms with Crippen LogP contribution in [0.1, 0.15) is 27.9 Å². The van der Waals surface area contributed by atoms with E-state index in [9.17, 15) is 9.59 Å². The molecule has 1 aromatic heterocycles. The molecule has 2 N–H and O–H groups in total. The third-order valence-corrected chi connectivity index (χ3v) is 5.00. The summed E-state index contributed by atoms with van der Waals surface area (Å²) in [5.41, 5.74) is 3.36. The summed E-state index contributed by atoms with van der Waals surface area (Å²) in [5, 5.41) is 5.58. The van der Waals surface area contributed by atoms with E-state index < -0.39 is 0 Å². The van der Waals surface area contributed by atoms with Crippen molar-refractivity contribution in [3.63, 3.8) is 0 Å². The fraction of sp³-hybridized carbons (Fsp3) is 0.381. The summed E-state index contributed by atoms with van der Waals surface area (Å²) in [5.74, 6) is -0.169. The van der Waals surface area contributed by atoms with Crippen molar-refractivity contribution >= 4 is 17.6 Å². The van der Waals surface area contributed by atoms with Gasteiger partial charge >= 0.3 is 6.03 Å². The first-order valence-electron chi connectivity index (χ1n) is 9.56. The average molecular weight is 381 g/mol. The molecule has 1 aliphatic heterocycles. The molecule has 0 spiro atoms. The number of amides is 3. The Balaban J connectivity index is 1.60. The van der Waals surface area contributed by atoms with Crippen LogP contribution in [0, 0.1) is 6.92 Å². The van der Waals surface area contributed by atoms with E-state index in [4.69, 9.17) is 0 Å². The Hall–Kier alpha value is -2.93. The van der Waals surface area contributed by atoms with E-state index in [0.29, 0.717) is 24.3 Å². The summed E-state index contributed by atoms with van der Waals surface area (Å²) in [6.07, 6.45) is 4.54. The lowest BCUT2D eigenvalue weighted by Gasteiger charge is -2.23. The van der Waals surface area contributed by atoms with Gasteiger partial charge in [0.1, 0.15) is 0 Å². The average Bonchev–Trinajstić information content (AvgIpc) is 2.95. The van der Waals surface area contributed by atoms with E-state index in [-0.39, 0.29) is 11.9 Å². The summed E-state index contributed by atoms with van der Waals surface area (Å²) in [6.45, 7) is 5.95. The number of nitrogens with zero attached hydrogens (tertiary/aromatic N) is 3. The Labute approximate surface area is 165 Å². The number of hydrogen-bond acceptors (Lipinski definition) is 4. The molecule has 2 aromatic rings. The maximum Gasteiger partial charge on any atom is 0.321 e. The fourth-order valence-electron chi connectivity index (χ4n) is 3.32. The molecule has 0 aliphatic carbocycles. The number of hydrogen-bond donors (Lipinski definition) is 2. The van der Waals surface area contributed by atoms with Crippen LogP contribution in [0.4, 0.5) is 10.5 Å². The lowest BCUT2D eigenvalue weighted by atomic mass is 10.1. The van der Waals surface area contributed by atoms with Crippen molar-refractivity contribution < 1.29 is 9.59 Å². The molecule has 148 valence electrons. The highest BCUT2D eigenvalue weighted by molar-refractivity contribution is 5.97. The Morgan fingerprint density at radius 3 is 2.61 bits per heavy atom. The van der Waals surface area contributed by atoms with Crippen molar-refractivity contribution in [3.05, 3.63) is 59.4 Å². The number of aryl methyl sites for hydroxylation is 1. The molecular formula is C21H27N5O2. The van der Waals surface area contributed by atoms with Crippen LogP contribution < -0.4 is 10.6 Å². The van der Waals surface area contributed by atoms with Gasteiger partial charge in [0.2, 0.25) is 0 Å². The monoisotopic (exact) mass is 381 g/mol. The molecule has 1 aliphatic rings. The Morgan fingerprint density at radius 1 is 1.07 bits per heavy atom. The van der Waals surface area contributed by atoms with E-state index in [2.05, 4.69) is 20.5 Å². The van der Waals surface area contributed by atoms with Crippen molar-refractivity contribution in [1.29, 1.82) is 0 Å². The van der Waals surface area contributed by atoms with Gasteiger partial charge in [-0.05, 0) is 48.7 Å². The van der Waals surface area contributed by atoms with E-state index in [1.165, 1.54) is 5.56 Å². The first-order valence-corrected chi connectivity index (χ1v) is 9.56. The summed E-state index contributed by atoms with van der Waals surface area (Å²) in [6, 6.07) is 9.25. The smallest absolute Gasteiger partial charge is 0.321 e. The summed E-state index contributed by atoms with van der Waals surface area (Å²) >= 11 is 0. The maximum absolute atomic E-state index is 12.8. The highest BCUT2D eigenvalue weighted by atomic mass is 16.2. The van der Waals surface area contributed by atoms with E-state index >= 15 is 0 Å². The zero-order valence-corrected chi connectivity index (χ0v) is 16.4. The lowest BCUT2D eigenvalue weighted by molar-refractivity contribution is 0.0963. The van der Waals surface area contributed by atoms with Crippen LogP contribution in [0.25, 0.3) is 0 Å². The first-order chi connectivity index (χ1) is 13.6. The molecule has 0 atom stereocenters. The normalized spacial score (nSPS) is 15.0. The van der Waals surface area contributed by atoms with Crippen molar-refractivity contribution in [3.8, 4) is 0 Å². The standard InChI is InChI=1S/C21H27N5O2/c1-16-4-5-18(20(27)22-2)14-19(16)24-21(28)26-11-3-10-25(12-13-26)15-17-6-8-23-9-7-17/h4-9,14H,3,10-13,15H2,1-2H3,(H,22,27)(H,24,28). The van der Waals surface area contributed by atoms with Gasteiger partial charge in [-0.3, -0.25) is 14.7 Å².